The summed E-state index contributed by atoms with van der Waals surface area (Å²) in [6.45, 7) is 13.2. The van der Waals surface area contributed by atoms with E-state index in [1.807, 2.05) is 0 Å². The van der Waals surface area contributed by atoms with Crippen LogP contribution in [0.1, 0.15) is 39.5 Å². The summed E-state index contributed by atoms with van der Waals surface area (Å²) in [5.41, 5.74) is 1.30. The van der Waals surface area contributed by atoms with E-state index in [9.17, 15) is 0 Å². The van der Waals surface area contributed by atoms with Gasteiger partial charge in [0.05, 0.1) is 0 Å². The van der Waals surface area contributed by atoms with E-state index in [1.54, 1.807) is 0 Å². The van der Waals surface area contributed by atoms with Crippen molar-refractivity contribution in [2.45, 2.75) is 45.6 Å². The fourth-order valence-electron chi connectivity index (χ4n) is 2.18. The molecule has 0 radical (unpaired) electrons. The zero-order valence-electron chi connectivity index (χ0n) is 10.4. The molecule has 0 saturated carbocycles. The van der Waals surface area contributed by atoms with Crippen LogP contribution < -0.4 is 5.32 Å². The van der Waals surface area contributed by atoms with Gasteiger partial charge in [0.1, 0.15) is 0 Å². The fourth-order valence-corrected chi connectivity index (χ4v) is 2.18. The number of hydrogen-bond donors (Lipinski definition) is 1. The Morgan fingerprint density at radius 3 is 2.80 bits per heavy atom. The van der Waals surface area contributed by atoms with Crippen molar-refractivity contribution in [1.29, 1.82) is 0 Å². The van der Waals surface area contributed by atoms with Gasteiger partial charge >= 0.3 is 0 Å². The second-order valence-corrected chi connectivity index (χ2v) is 4.80. The van der Waals surface area contributed by atoms with E-state index < -0.39 is 0 Å². The van der Waals surface area contributed by atoms with E-state index in [4.69, 9.17) is 0 Å². The molecule has 1 fully saturated rings. The minimum absolute atomic E-state index is 0.738. The summed E-state index contributed by atoms with van der Waals surface area (Å²) in [5.74, 6) is 0. The zero-order valence-corrected chi connectivity index (χ0v) is 10.4. The Morgan fingerprint density at radius 1 is 1.47 bits per heavy atom. The molecule has 1 rings (SSSR count). The fraction of sp³-hybridized carbons (Fsp3) is 0.846. The van der Waals surface area contributed by atoms with Gasteiger partial charge < -0.3 is 10.2 Å². The average molecular weight is 210 g/mol. The smallest absolute Gasteiger partial charge is 0.0195 e. The Kier molecular flexibility index (Phi) is 5.96. The standard InChI is InChI=1S/C13H26N2/c1-4-9-15(10-7-12(2)3)11-13-6-5-8-14-13/h13-14H,2,4-11H2,1,3H3. The molecule has 1 heterocycles. The summed E-state index contributed by atoms with van der Waals surface area (Å²) in [6.07, 6.45) is 5.11. The van der Waals surface area contributed by atoms with Gasteiger partial charge in [0.15, 0.2) is 0 Å². The normalized spacial score (nSPS) is 21.1. The van der Waals surface area contributed by atoms with Crippen molar-refractivity contribution in [2.24, 2.45) is 0 Å². The molecule has 1 saturated heterocycles. The molecule has 0 bridgehead atoms. The van der Waals surface area contributed by atoms with Gasteiger partial charge in [-0.25, -0.2) is 0 Å². The van der Waals surface area contributed by atoms with E-state index in [2.05, 4.69) is 30.6 Å². The first-order chi connectivity index (χ1) is 7.22. The van der Waals surface area contributed by atoms with Gasteiger partial charge in [-0.1, -0.05) is 12.5 Å². The highest BCUT2D eigenvalue weighted by atomic mass is 15.1. The molecular weight excluding hydrogens is 184 g/mol. The topological polar surface area (TPSA) is 15.3 Å². The maximum absolute atomic E-state index is 3.98. The van der Waals surface area contributed by atoms with Crippen molar-refractivity contribution >= 4 is 0 Å². The summed E-state index contributed by atoms with van der Waals surface area (Å²) < 4.78 is 0. The van der Waals surface area contributed by atoms with Crippen LogP contribution in [0.15, 0.2) is 12.2 Å². The molecule has 0 aromatic carbocycles. The van der Waals surface area contributed by atoms with Crippen LogP contribution in [-0.4, -0.2) is 37.1 Å². The van der Waals surface area contributed by atoms with Crippen molar-refractivity contribution in [3.8, 4) is 0 Å². The van der Waals surface area contributed by atoms with E-state index in [-0.39, 0.29) is 0 Å². The van der Waals surface area contributed by atoms with E-state index in [1.165, 1.54) is 51.0 Å². The molecule has 1 atom stereocenters. The van der Waals surface area contributed by atoms with Gasteiger partial charge in [-0.15, -0.1) is 6.58 Å². The molecule has 1 N–H and O–H groups in total. The highest BCUT2D eigenvalue weighted by Gasteiger charge is 2.16. The second-order valence-electron chi connectivity index (χ2n) is 4.80. The molecule has 0 amide bonds. The van der Waals surface area contributed by atoms with Crippen LogP contribution in [0.3, 0.4) is 0 Å². The van der Waals surface area contributed by atoms with Crippen molar-refractivity contribution in [1.82, 2.24) is 10.2 Å². The van der Waals surface area contributed by atoms with Gasteiger partial charge in [-0.05, 0) is 45.7 Å². The number of rotatable bonds is 7. The summed E-state index contributed by atoms with van der Waals surface area (Å²) in [5, 5.41) is 3.57. The van der Waals surface area contributed by atoms with E-state index in [0.717, 1.165) is 12.5 Å². The van der Waals surface area contributed by atoms with Gasteiger partial charge in [-0.3, -0.25) is 0 Å². The summed E-state index contributed by atoms with van der Waals surface area (Å²) in [7, 11) is 0. The lowest BCUT2D eigenvalue weighted by molar-refractivity contribution is 0.252. The Labute approximate surface area is 94.7 Å². The SMILES string of the molecule is C=C(C)CCN(CCC)CC1CCCN1. The molecule has 1 unspecified atom stereocenters. The molecule has 2 nitrogen and oxygen atoms in total. The van der Waals surface area contributed by atoms with Crippen LogP contribution in [0.2, 0.25) is 0 Å². The highest BCUT2D eigenvalue weighted by molar-refractivity contribution is 4.89. The Bertz CT molecular complexity index is 183. The second kappa shape index (κ2) is 7.02. The van der Waals surface area contributed by atoms with Gasteiger partial charge in [0, 0.05) is 19.1 Å². The molecule has 0 spiro atoms. The Hall–Kier alpha value is -0.340. The monoisotopic (exact) mass is 210 g/mol. The van der Waals surface area contributed by atoms with Crippen molar-refractivity contribution in [3.63, 3.8) is 0 Å². The number of nitrogens with one attached hydrogen (secondary N) is 1. The third-order valence-electron chi connectivity index (χ3n) is 3.04. The van der Waals surface area contributed by atoms with Crippen LogP contribution in [-0.2, 0) is 0 Å². The first kappa shape index (κ1) is 12.7. The zero-order chi connectivity index (χ0) is 11.1. The van der Waals surface area contributed by atoms with Crippen LogP contribution in [0.5, 0.6) is 0 Å². The van der Waals surface area contributed by atoms with Gasteiger partial charge in [-0.2, -0.15) is 0 Å². The maximum atomic E-state index is 3.98. The van der Waals surface area contributed by atoms with Gasteiger partial charge in [0.2, 0.25) is 0 Å². The van der Waals surface area contributed by atoms with Crippen molar-refractivity contribution in [3.05, 3.63) is 12.2 Å². The molecular formula is C13H26N2. The van der Waals surface area contributed by atoms with Crippen LogP contribution in [0.25, 0.3) is 0 Å². The van der Waals surface area contributed by atoms with Crippen LogP contribution >= 0.6 is 0 Å². The number of nitrogens with zero attached hydrogens (tertiary/aromatic N) is 1. The lowest BCUT2D eigenvalue weighted by Crippen LogP contribution is -2.38. The van der Waals surface area contributed by atoms with Crippen LogP contribution in [0.4, 0.5) is 0 Å². The third kappa shape index (κ3) is 5.33. The average Bonchev–Trinajstić information content (AvgIpc) is 2.67. The quantitative estimate of drug-likeness (QED) is 0.649. The lowest BCUT2D eigenvalue weighted by Gasteiger charge is -2.25. The molecule has 2 heteroatoms. The first-order valence-electron chi connectivity index (χ1n) is 6.32. The highest BCUT2D eigenvalue weighted by Crippen LogP contribution is 2.08. The predicted octanol–water partition coefficient (Wildman–Crippen LogP) is 2.42. The van der Waals surface area contributed by atoms with E-state index >= 15 is 0 Å². The molecule has 15 heavy (non-hydrogen) atoms. The van der Waals surface area contributed by atoms with Crippen molar-refractivity contribution < 1.29 is 0 Å². The molecule has 1 aliphatic rings. The molecule has 88 valence electrons. The Balaban J connectivity index is 2.25. The Morgan fingerprint density at radius 2 is 2.27 bits per heavy atom. The lowest BCUT2D eigenvalue weighted by atomic mass is 10.2. The maximum Gasteiger partial charge on any atom is 0.0195 e. The molecule has 0 aromatic rings. The third-order valence-corrected chi connectivity index (χ3v) is 3.04. The minimum atomic E-state index is 0.738. The summed E-state index contributed by atoms with van der Waals surface area (Å²) in [6, 6.07) is 0.738. The van der Waals surface area contributed by atoms with Crippen LogP contribution in [0, 0.1) is 0 Å². The predicted molar refractivity (Wildman–Crippen MR) is 67.2 cm³/mol. The molecule has 0 aliphatic carbocycles. The molecule has 1 aliphatic heterocycles. The largest absolute Gasteiger partial charge is 0.313 e. The number of hydrogen-bond acceptors (Lipinski definition) is 2. The first-order valence-corrected chi connectivity index (χ1v) is 6.32. The van der Waals surface area contributed by atoms with E-state index in [0.29, 0.717) is 0 Å². The van der Waals surface area contributed by atoms with Gasteiger partial charge in [0.25, 0.3) is 0 Å². The molecule has 0 aromatic heterocycles. The van der Waals surface area contributed by atoms with Crippen molar-refractivity contribution in [2.75, 3.05) is 26.2 Å². The summed E-state index contributed by atoms with van der Waals surface area (Å²) in [4.78, 5) is 2.58. The minimum Gasteiger partial charge on any atom is -0.313 e. The summed E-state index contributed by atoms with van der Waals surface area (Å²) >= 11 is 0.